The quantitative estimate of drug-likeness (QED) is 0.756. The van der Waals surface area contributed by atoms with E-state index in [-0.39, 0.29) is 6.03 Å². The molecule has 0 radical (unpaired) electrons. The molecule has 2 amide bonds. The van der Waals surface area contributed by atoms with Crippen LogP contribution < -0.4 is 15.5 Å². The van der Waals surface area contributed by atoms with Crippen LogP contribution in [0, 0.1) is 0 Å². The summed E-state index contributed by atoms with van der Waals surface area (Å²) in [5.74, 6) is 0. The van der Waals surface area contributed by atoms with E-state index in [1.54, 1.807) is 6.20 Å². The van der Waals surface area contributed by atoms with Crippen molar-refractivity contribution in [1.82, 2.24) is 10.3 Å². The first-order valence-corrected chi connectivity index (χ1v) is 7.89. The molecule has 2 N–H and O–H groups in total. The number of benzene rings is 2. The molecule has 0 saturated heterocycles. The second-order valence-corrected chi connectivity index (χ2v) is 5.52. The normalized spacial score (nSPS) is 10.4. The molecule has 0 bridgehead atoms. The van der Waals surface area contributed by atoms with Crippen LogP contribution in [0.3, 0.4) is 0 Å². The Hall–Kier alpha value is -3.08. The van der Waals surface area contributed by atoms with Crippen LogP contribution in [0.2, 0.25) is 0 Å². The fraction of sp³-hybridized carbons (Fsp3) is 0.158. The van der Waals surface area contributed by atoms with Gasteiger partial charge in [-0.05, 0) is 24.3 Å². The summed E-state index contributed by atoms with van der Waals surface area (Å²) in [5.41, 5.74) is 2.62. The Balaban J connectivity index is 1.54. The van der Waals surface area contributed by atoms with Gasteiger partial charge in [0.05, 0.1) is 11.2 Å². The molecule has 122 valence electrons. The Labute approximate surface area is 141 Å². The van der Waals surface area contributed by atoms with Crippen LogP contribution in [-0.2, 0) is 0 Å². The zero-order valence-corrected chi connectivity index (χ0v) is 13.6. The van der Waals surface area contributed by atoms with Crippen LogP contribution in [0.1, 0.15) is 0 Å². The van der Waals surface area contributed by atoms with Crippen molar-refractivity contribution in [3.8, 4) is 0 Å². The lowest BCUT2D eigenvalue weighted by atomic mass is 10.2. The minimum atomic E-state index is -0.227. The summed E-state index contributed by atoms with van der Waals surface area (Å²) in [6.45, 7) is 1.28. The monoisotopic (exact) mass is 320 g/mol. The number of pyridine rings is 1. The number of hydrogen-bond acceptors (Lipinski definition) is 3. The standard InChI is InChI=1S/C19H20N4O/c1-23(16-9-3-2-4-10-16)14-13-21-19(24)22-17-11-5-7-15-8-6-12-20-18(15)17/h2-12H,13-14H2,1H3,(H2,21,22,24). The summed E-state index contributed by atoms with van der Waals surface area (Å²) in [4.78, 5) is 18.5. The largest absolute Gasteiger partial charge is 0.373 e. The Morgan fingerprint density at radius 3 is 2.67 bits per heavy atom. The Morgan fingerprint density at radius 2 is 1.83 bits per heavy atom. The minimum Gasteiger partial charge on any atom is -0.373 e. The molecule has 0 aliphatic heterocycles. The van der Waals surface area contributed by atoms with E-state index in [2.05, 4.69) is 20.5 Å². The van der Waals surface area contributed by atoms with Crippen LogP contribution in [0.5, 0.6) is 0 Å². The zero-order valence-electron chi connectivity index (χ0n) is 13.6. The number of nitrogens with zero attached hydrogens (tertiary/aromatic N) is 2. The summed E-state index contributed by atoms with van der Waals surface area (Å²) in [6.07, 6.45) is 1.72. The third-order valence-corrected chi connectivity index (χ3v) is 3.81. The number of rotatable bonds is 5. The number of para-hydroxylation sites is 2. The molecule has 0 spiro atoms. The maximum absolute atomic E-state index is 12.1. The molecule has 1 heterocycles. The van der Waals surface area contributed by atoms with Gasteiger partial charge in [0.25, 0.3) is 0 Å². The van der Waals surface area contributed by atoms with Crippen molar-refractivity contribution in [3.05, 3.63) is 66.9 Å². The molecule has 0 aliphatic carbocycles. The van der Waals surface area contributed by atoms with Gasteiger partial charge in [-0.15, -0.1) is 0 Å². The van der Waals surface area contributed by atoms with E-state index in [9.17, 15) is 4.79 Å². The lowest BCUT2D eigenvalue weighted by molar-refractivity contribution is 0.252. The van der Waals surface area contributed by atoms with E-state index < -0.39 is 0 Å². The minimum absolute atomic E-state index is 0.227. The SMILES string of the molecule is CN(CCNC(=O)Nc1cccc2cccnc12)c1ccccc1. The van der Waals surface area contributed by atoms with Gasteiger partial charge < -0.3 is 15.5 Å². The summed E-state index contributed by atoms with van der Waals surface area (Å²) < 4.78 is 0. The topological polar surface area (TPSA) is 57.3 Å². The molecule has 0 fully saturated rings. The van der Waals surface area contributed by atoms with Gasteiger partial charge in [-0.25, -0.2) is 4.79 Å². The average molecular weight is 320 g/mol. The number of carbonyl (C=O) groups excluding carboxylic acids is 1. The highest BCUT2D eigenvalue weighted by Gasteiger charge is 2.06. The maximum Gasteiger partial charge on any atom is 0.319 e. The van der Waals surface area contributed by atoms with Crippen LogP contribution >= 0.6 is 0 Å². The number of fused-ring (bicyclic) bond motifs is 1. The van der Waals surface area contributed by atoms with Crippen molar-refractivity contribution in [2.45, 2.75) is 0 Å². The number of hydrogen-bond donors (Lipinski definition) is 2. The predicted octanol–water partition coefficient (Wildman–Crippen LogP) is 3.49. The smallest absolute Gasteiger partial charge is 0.319 e. The van der Waals surface area contributed by atoms with Gasteiger partial charge in [0.15, 0.2) is 0 Å². The van der Waals surface area contributed by atoms with Crippen molar-refractivity contribution in [1.29, 1.82) is 0 Å². The molecular weight excluding hydrogens is 300 g/mol. The fourth-order valence-electron chi connectivity index (χ4n) is 2.52. The van der Waals surface area contributed by atoms with E-state index in [0.29, 0.717) is 12.2 Å². The molecule has 3 aromatic rings. The average Bonchev–Trinajstić information content (AvgIpc) is 2.63. The molecule has 0 unspecified atom stereocenters. The maximum atomic E-state index is 12.1. The highest BCUT2D eigenvalue weighted by atomic mass is 16.2. The predicted molar refractivity (Wildman–Crippen MR) is 98.5 cm³/mol. The van der Waals surface area contributed by atoms with Crippen molar-refractivity contribution in [2.75, 3.05) is 30.4 Å². The van der Waals surface area contributed by atoms with E-state index >= 15 is 0 Å². The number of aromatic nitrogens is 1. The van der Waals surface area contributed by atoms with Gasteiger partial charge in [-0.1, -0.05) is 36.4 Å². The lowest BCUT2D eigenvalue weighted by Crippen LogP contribution is -2.35. The molecule has 0 saturated carbocycles. The van der Waals surface area contributed by atoms with E-state index in [1.807, 2.05) is 67.7 Å². The second-order valence-electron chi connectivity index (χ2n) is 5.52. The van der Waals surface area contributed by atoms with Gasteiger partial charge in [-0.2, -0.15) is 0 Å². The summed E-state index contributed by atoms with van der Waals surface area (Å²) >= 11 is 0. The molecule has 0 aliphatic rings. The second kappa shape index (κ2) is 7.46. The van der Waals surface area contributed by atoms with Crippen molar-refractivity contribution >= 4 is 28.3 Å². The van der Waals surface area contributed by atoms with Gasteiger partial charge in [0.2, 0.25) is 0 Å². The molecule has 1 aromatic heterocycles. The highest BCUT2D eigenvalue weighted by Crippen LogP contribution is 2.20. The number of nitrogens with one attached hydrogen (secondary N) is 2. The zero-order chi connectivity index (χ0) is 16.8. The number of carbonyl (C=O) groups is 1. The van der Waals surface area contributed by atoms with Gasteiger partial charge >= 0.3 is 6.03 Å². The first-order valence-electron chi connectivity index (χ1n) is 7.89. The first-order chi connectivity index (χ1) is 11.7. The molecule has 5 nitrogen and oxygen atoms in total. The highest BCUT2D eigenvalue weighted by molar-refractivity contribution is 5.99. The van der Waals surface area contributed by atoms with Crippen LogP contribution in [0.4, 0.5) is 16.2 Å². The molecule has 2 aromatic carbocycles. The summed E-state index contributed by atoms with van der Waals surface area (Å²) in [6, 6.07) is 19.4. The van der Waals surface area contributed by atoms with Crippen LogP contribution in [0.15, 0.2) is 66.9 Å². The van der Waals surface area contributed by atoms with Crippen molar-refractivity contribution in [2.24, 2.45) is 0 Å². The number of amides is 2. The summed E-state index contributed by atoms with van der Waals surface area (Å²) in [5, 5.41) is 6.74. The first kappa shape index (κ1) is 15.8. The molecular formula is C19H20N4O. The van der Waals surface area contributed by atoms with E-state index in [1.165, 1.54) is 0 Å². The van der Waals surface area contributed by atoms with Gasteiger partial charge in [0.1, 0.15) is 0 Å². The third-order valence-electron chi connectivity index (χ3n) is 3.81. The van der Waals surface area contributed by atoms with Gasteiger partial charge in [0, 0.05) is 37.4 Å². The number of likely N-dealkylation sites (N-methyl/N-ethyl adjacent to an activating group) is 1. The van der Waals surface area contributed by atoms with E-state index in [0.717, 1.165) is 23.1 Å². The molecule has 3 rings (SSSR count). The Morgan fingerprint density at radius 1 is 1.04 bits per heavy atom. The number of anilines is 2. The lowest BCUT2D eigenvalue weighted by Gasteiger charge is -2.19. The number of urea groups is 1. The summed E-state index contributed by atoms with van der Waals surface area (Å²) in [7, 11) is 2.00. The third kappa shape index (κ3) is 3.81. The molecule has 5 heteroatoms. The van der Waals surface area contributed by atoms with E-state index in [4.69, 9.17) is 0 Å². The van der Waals surface area contributed by atoms with Gasteiger partial charge in [-0.3, -0.25) is 4.98 Å². The fourth-order valence-corrected chi connectivity index (χ4v) is 2.52. The molecule has 0 atom stereocenters. The Kier molecular flexibility index (Phi) is 4.91. The van der Waals surface area contributed by atoms with Crippen molar-refractivity contribution < 1.29 is 4.79 Å². The van der Waals surface area contributed by atoms with Crippen LogP contribution in [0.25, 0.3) is 10.9 Å². The Bertz CT molecular complexity index is 814. The van der Waals surface area contributed by atoms with Crippen molar-refractivity contribution in [3.63, 3.8) is 0 Å². The van der Waals surface area contributed by atoms with Crippen LogP contribution in [-0.4, -0.2) is 31.2 Å². The molecule has 24 heavy (non-hydrogen) atoms.